The smallest absolute Gasteiger partial charge is 0.251 e. The maximum atomic E-state index is 12.1. The topological polar surface area (TPSA) is 72.9 Å². The molecule has 1 heterocycles. The molecule has 0 aliphatic heterocycles. The summed E-state index contributed by atoms with van der Waals surface area (Å²) in [6.45, 7) is 4.33. The van der Waals surface area contributed by atoms with E-state index in [2.05, 4.69) is 10.4 Å². The van der Waals surface area contributed by atoms with Gasteiger partial charge in [-0.2, -0.15) is 5.10 Å². The van der Waals surface area contributed by atoms with Gasteiger partial charge in [0.05, 0.1) is 6.20 Å². The molecule has 0 unspecified atom stereocenters. The van der Waals surface area contributed by atoms with E-state index in [4.69, 9.17) is 5.73 Å². The minimum Gasteiger partial charge on any atom is -0.399 e. The van der Waals surface area contributed by atoms with Crippen molar-refractivity contribution in [3.05, 3.63) is 46.8 Å². The number of nitrogens with two attached hydrogens (primary N) is 1. The molecule has 0 aliphatic carbocycles. The van der Waals surface area contributed by atoms with Crippen LogP contribution in [-0.2, 0) is 13.6 Å². The number of aromatic nitrogens is 2. The molecule has 100 valence electrons. The first-order chi connectivity index (χ1) is 8.99. The minimum atomic E-state index is -0.118. The summed E-state index contributed by atoms with van der Waals surface area (Å²) in [5.74, 6) is -0.118. The third-order valence-electron chi connectivity index (χ3n) is 3.28. The Bertz CT molecular complexity index is 616. The molecule has 0 spiro atoms. The number of nitrogens with one attached hydrogen (secondary N) is 1. The van der Waals surface area contributed by atoms with E-state index in [1.165, 1.54) is 0 Å². The average molecular weight is 258 g/mol. The zero-order chi connectivity index (χ0) is 14.0. The van der Waals surface area contributed by atoms with Crippen LogP contribution in [0.25, 0.3) is 0 Å². The molecule has 0 bridgehead atoms. The number of hydrogen-bond donors (Lipinski definition) is 2. The van der Waals surface area contributed by atoms with Crippen molar-refractivity contribution < 1.29 is 4.79 Å². The van der Waals surface area contributed by atoms with Gasteiger partial charge in [-0.3, -0.25) is 9.48 Å². The summed E-state index contributed by atoms with van der Waals surface area (Å²) in [4.78, 5) is 12.1. The zero-order valence-corrected chi connectivity index (χ0v) is 11.4. The highest BCUT2D eigenvalue weighted by Crippen LogP contribution is 2.13. The SMILES string of the molecule is Cc1ccc(N)cc1C(=O)NCc1cnn(C)c1C. The van der Waals surface area contributed by atoms with Crippen LogP contribution in [0.4, 0.5) is 5.69 Å². The fourth-order valence-corrected chi connectivity index (χ4v) is 1.87. The van der Waals surface area contributed by atoms with Gasteiger partial charge in [-0.25, -0.2) is 0 Å². The third-order valence-corrected chi connectivity index (χ3v) is 3.28. The second-order valence-corrected chi connectivity index (χ2v) is 4.64. The van der Waals surface area contributed by atoms with Crippen LogP contribution in [0.5, 0.6) is 0 Å². The van der Waals surface area contributed by atoms with E-state index in [1.54, 1.807) is 23.0 Å². The van der Waals surface area contributed by atoms with Crippen molar-refractivity contribution in [3.8, 4) is 0 Å². The Labute approximate surface area is 112 Å². The molecule has 5 heteroatoms. The second-order valence-electron chi connectivity index (χ2n) is 4.64. The number of aryl methyl sites for hydroxylation is 2. The van der Waals surface area contributed by atoms with Crippen LogP contribution in [0.1, 0.15) is 27.2 Å². The van der Waals surface area contributed by atoms with E-state index in [0.29, 0.717) is 17.8 Å². The molecule has 5 nitrogen and oxygen atoms in total. The molecule has 1 aromatic heterocycles. The lowest BCUT2D eigenvalue weighted by Crippen LogP contribution is -2.24. The summed E-state index contributed by atoms with van der Waals surface area (Å²) in [7, 11) is 1.88. The lowest BCUT2D eigenvalue weighted by Gasteiger charge is -2.08. The summed E-state index contributed by atoms with van der Waals surface area (Å²) in [6.07, 6.45) is 1.77. The lowest BCUT2D eigenvalue weighted by molar-refractivity contribution is 0.0950. The lowest BCUT2D eigenvalue weighted by atomic mass is 10.1. The normalized spacial score (nSPS) is 10.5. The molecule has 0 radical (unpaired) electrons. The van der Waals surface area contributed by atoms with Crippen molar-refractivity contribution in [1.29, 1.82) is 0 Å². The highest BCUT2D eigenvalue weighted by molar-refractivity contribution is 5.96. The molecule has 3 N–H and O–H groups in total. The van der Waals surface area contributed by atoms with E-state index in [9.17, 15) is 4.79 Å². The number of rotatable bonds is 3. The first-order valence-corrected chi connectivity index (χ1v) is 6.11. The molecule has 0 aliphatic rings. The predicted molar refractivity (Wildman–Crippen MR) is 74.7 cm³/mol. The van der Waals surface area contributed by atoms with E-state index in [0.717, 1.165) is 16.8 Å². The Morgan fingerprint density at radius 3 is 2.79 bits per heavy atom. The number of nitrogens with zero attached hydrogens (tertiary/aromatic N) is 2. The number of benzene rings is 1. The van der Waals surface area contributed by atoms with Gasteiger partial charge in [-0.05, 0) is 31.5 Å². The van der Waals surface area contributed by atoms with Crippen molar-refractivity contribution in [2.24, 2.45) is 7.05 Å². The molecule has 0 atom stereocenters. The zero-order valence-electron chi connectivity index (χ0n) is 11.4. The fraction of sp³-hybridized carbons (Fsp3) is 0.286. The van der Waals surface area contributed by atoms with Crippen LogP contribution in [0.3, 0.4) is 0 Å². The molecular formula is C14H18N4O. The van der Waals surface area contributed by atoms with Crippen LogP contribution in [-0.4, -0.2) is 15.7 Å². The first-order valence-electron chi connectivity index (χ1n) is 6.11. The third kappa shape index (κ3) is 2.76. The van der Waals surface area contributed by atoms with Crippen LogP contribution in [0.15, 0.2) is 24.4 Å². The molecule has 0 saturated heterocycles. The fourth-order valence-electron chi connectivity index (χ4n) is 1.87. The van der Waals surface area contributed by atoms with Crippen molar-refractivity contribution in [2.75, 3.05) is 5.73 Å². The Morgan fingerprint density at radius 1 is 1.42 bits per heavy atom. The Morgan fingerprint density at radius 2 is 2.16 bits per heavy atom. The average Bonchev–Trinajstić information content (AvgIpc) is 2.70. The summed E-state index contributed by atoms with van der Waals surface area (Å²) < 4.78 is 1.78. The largest absolute Gasteiger partial charge is 0.399 e. The van der Waals surface area contributed by atoms with Crippen LogP contribution in [0.2, 0.25) is 0 Å². The predicted octanol–water partition coefficient (Wildman–Crippen LogP) is 1.55. The van der Waals surface area contributed by atoms with Gasteiger partial charge >= 0.3 is 0 Å². The second kappa shape index (κ2) is 5.14. The van der Waals surface area contributed by atoms with E-state index >= 15 is 0 Å². The van der Waals surface area contributed by atoms with Crippen LogP contribution < -0.4 is 11.1 Å². The number of carbonyl (C=O) groups excluding carboxylic acids is 1. The van der Waals surface area contributed by atoms with Crippen LogP contribution in [0, 0.1) is 13.8 Å². The summed E-state index contributed by atoms with van der Waals surface area (Å²) in [5.41, 5.74) is 9.88. The molecule has 0 saturated carbocycles. The monoisotopic (exact) mass is 258 g/mol. The highest BCUT2D eigenvalue weighted by atomic mass is 16.1. The van der Waals surface area contributed by atoms with Crippen molar-refractivity contribution in [1.82, 2.24) is 15.1 Å². The first kappa shape index (κ1) is 13.1. The van der Waals surface area contributed by atoms with Gasteiger partial charge in [-0.15, -0.1) is 0 Å². The van der Waals surface area contributed by atoms with Gasteiger partial charge < -0.3 is 11.1 Å². The van der Waals surface area contributed by atoms with Crippen LogP contribution >= 0.6 is 0 Å². The molecule has 19 heavy (non-hydrogen) atoms. The van der Waals surface area contributed by atoms with E-state index in [1.807, 2.05) is 27.0 Å². The molecule has 1 amide bonds. The number of anilines is 1. The Kier molecular flexibility index (Phi) is 3.55. The maximum Gasteiger partial charge on any atom is 0.251 e. The van der Waals surface area contributed by atoms with Crippen molar-refractivity contribution in [3.63, 3.8) is 0 Å². The van der Waals surface area contributed by atoms with Gasteiger partial charge in [-0.1, -0.05) is 6.07 Å². The molecule has 1 aromatic carbocycles. The number of hydrogen-bond acceptors (Lipinski definition) is 3. The van der Waals surface area contributed by atoms with Gasteiger partial charge in [0.15, 0.2) is 0 Å². The highest BCUT2D eigenvalue weighted by Gasteiger charge is 2.10. The Balaban J connectivity index is 2.09. The van der Waals surface area contributed by atoms with E-state index < -0.39 is 0 Å². The number of nitrogen functional groups attached to an aromatic ring is 1. The molecular weight excluding hydrogens is 240 g/mol. The van der Waals surface area contributed by atoms with Crippen molar-refractivity contribution >= 4 is 11.6 Å². The minimum absolute atomic E-state index is 0.118. The summed E-state index contributed by atoms with van der Waals surface area (Å²) in [5, 5.41) is 7.03. The standard InChI is InChI=1S/C14H18N4O/c1-9-4-5-12(15)6-13(9)14(19)16-7-11-8-17-18(3)10(11)2/h4-6,8H,7,15H2,1-3H3,(H,16,19). The van der Waals surface area contributed by atoms with Gasteiger partial charge in [0.25, 0.3) is 5.91 Å². The number of carbonyl (C=O) groups is 1. The van der Waals surface area contributed by atoms with E-state index in [-0.39, 0.29) is 5.91 Å². The van der Waals surface area contributed by atoms with Crippen molar-refractivity contribution in [2.45, 2.75) is 20.4 Å². The van der Waals surface area contributed by atoms with Gasteiger partial charge in [0.2, 0.25) is 0 Å². The van der Waals surface area contributed by atoms with Gasteiger partial charge in [0.1, 0.15) is 0 Å². The molecule has 2 aromatic rings. The molecule has 0 fully saturated rings. The molecule has 2 rings (SSSR count). The Hall–Kier alpha value is -2.30. The number of amides is 1. The summed E-state index contributed by atoms with van der Waals surface area (Å²) in [6, 6.07) is 5.33. The quantitative estimate of drug-likeness (QED) is 0.820. The summed E-state index contributed by atoms with van der Waals surface area (Å²) >= 11 is 0. The van der Waals surface area contributed by atoms with Gasteiger partial charge in [0, 0.05) is 36.1 Å². The maximum absolute atomic E-state index is 12.1.